The molecule has 4 rings (SSSR count). The number of benzene rings is 1. The van der Waals surface area contributed by atoms with Crippen molar-refractivity contribution in [2.24, 2.45) is 7.05 Å². The molecule has 0 unspecified atom stereocenters. The molecule has 1 fully saturated rings. The third kappa shape index (κ3) is 4.16. The van der Waals surface area contributed by atoms with E-state index >= 15 is 0 Å². The number of hydrogen-bond donors (Lipinski definition) is 2. The molecule has 0 aliphatic carbocycles. The number of H-pyrrole nitrogens is 1. The largest absolute Gasteiger partial charge is 0.479 e. The van der Waals surface area contributed by atoms with E-state index in [2.05, 4.69) is 20.3 Å². The molecule has 3 aromatic rings. The summed E-state index contributed by atoms with van der Waals surface area (Å²) < 4.78 is 6.78. The Labute approximate surface area is 174 Å². The van der Waals surface area contributed by atoms with E-state index in [4.69, 9.17) is 4.74 Å². The Morgan fingerprint density at radius 3 is 2.70 bits per heavy atom. The SMILES string of the molecule is COc1nn(C)cc1C(=O)N1CCN(CCNC(=O)c2cc3ccccc3[nH]2)CC1. The number of piperazine rings is 1. The summed E-state index contributed by atoms with van der Waals surface area (Å²) in [6, 6.07) is 9.68. The van der Waals surface area contributed by atoms with Gasteiger partial charge in [-0.1, -0.05) is 18.2 Å². The second kappa shape index (κ2) is 8.58. The van der Waals surface area contributed by atoms with Gasteiger partial charge < -0.3 is 19.9 Å². The summed E-state index contributed by atoms with van der Waals surface area (Å²) in [6.07, 6.45) is 1.69. The molecule has 3 heterocycles. The number of para-hydroxylation sites is 1. The number of amides is 2. The summed E-state index contributed by atoms with van der Waals surface area (Å²) in [7, 11) is 3.28. The number of carbonyl (C=O) groups is 2. The van der Waals surface area contributed by atoms with Gasteiger partial charge in [0.25, 0.3) is 11.8 Å². The third-order valence-corrected chi connectivity index (χ3v) is 5.37. The highest BCUT2D eigenvalue weighted by Crippen LogP contribution is 2.18. The van der Waals surface area contributed by atoms with Gasteiger partial charge in [0.05, 0.1) is 7.11 Å². The maximum Gasteiger partial charge on any atom is 0.267 e. The van der Waals surface area contributed by atoms with E-state index in [1.165, 1.54) is 7.11 Å². The quantitative estimate of drug-likeness (QED) is 0.635. The predicted molar refractivity (Wildman–Crippen MR) is 113 cm³/mol. The molecule has 2 amide bonds. The minimum absolute atomic E-state index is 0.0632. The highest BCUT2D eigenvalue weighted by atomic mass is 16.5. The second-order valence-corrected chi connectivity index (χ2v) is 7.39. The van der Waals surface area contributed by atoms with Crippen molar-refractivity contribution in [3.05, 3.63) is 47.8 Å². The van der Waals surface area contributed by atoms with Gasteiger partial charge in [-0.15, -0.1) is 5.10 Å². The fraction of sp³-hybridized carbons (Fsp3) is 0.381. The summed E-state index contributed by atoms with van der Waals surface area (Å²) >= 11 is 0. The molecule has 1 saturated heterocycles. The van der Waals surface area contributed by atoms with E-state index in [1.54, 1.807) is 17.9 Å². The van der Waals surface area contributed by atoms with Gasteiger partial charge in [0.2, 0.25) is 5.88 Å². The zero-order valence-corrected chi connectivity index (χ0v) is 17.2. The summed E-state index contributed by atoms with van der Waals surface area (Å²) in [5.41, 5.74) is 2.00. The zero-order valence-electron chi connectivity index (χ0n) is 17.2. The second-order valence-electron chi connectivity index (χ2n) is 7.39. The van der Waals surface area contributed by atoms with Crippen molar-refractivity contribution >= 4 is 22.7 Å². The maximum atomic E-state index is 12.7. The van der Waals surface area contributed by atoms with Gasteiger partial charge >= 0.3 is 0 Å². The van der Waals surface area contributed by atoms with Crippen LogP contribution in [0.25, 0.3) is 10.9 Å². The van der Waals surface area contributed by atoms with Crippen molar-refractivity contribution in [3.63, 3.8) is 0 Å². The molecule has 0 saturated carbocycles. The molecule has 2 aromatic heterocycles. The predicted octanol–water partition coefficient (Wildman–Crippen LogP) is 1.10. The molecule has 0 bridgehead atoms. The maximum absolute atomic E-state index is 12.7. The lowest BCUT2D eigenvalue weighted by atomic mass is 10.2. The van der Waals surface area contributed by atoms with E-state index in [1.807, 2.05) is 35.2 Å². The molecular weight excluding hydrogens is 384 g/mol. The summed E-state index contributed by atoms with van der Waals surface area (Å²) in [5, 5.41) is 8.14. The van der Waals surface area contributed by atoms with Crippen molar-refractivity contribution in [3.8, 4) is 5.88 Å². The van der Waals surface area contributed by atoms with Crippen molar-refractivity contribution in [1.82, 2.24) is 29.9 Å². The van der Waals surface area contributed by atoms with Crippen LogP contribution in [-0.4, -0.2) is 82.8 Å². The molecule has 9 heteroatoms. The average Bonchev–Trinajstić information content (AvgIpc) is 3.37. The topological polar surface area (TPSA) is 95.5 Å². The molecule has 9 nitrogen and oxygen atoms in total. The van der Waals surface area contributed by atoms with Crippen LogP contribution in [0.5, 0.6) is 5.88 Å². The van der Waals surface area contributed by atoms with Crippen molar-refractivity contribution in [1.29, 1.82) is 0 Å². The van der Waals surface area contributed by atoms with Gasteiger partial charge in [0.1, 0.15) is 11.3 Å². The first-order valence-corrected chi connectivity index (χ1v) is 10.0. The Bertz CT molecular complexity index is 1020. The Hall–Kier alpha value is -3.33. The van der Waals surface area contributed by atoms with Crippen LogP contribution in [0.3, 0.4) is 0 Å². The molecule has 0 atom stereocenters. The number of rotatable bonds is 6. The average molecular weight is 410 g/mol. The van der Waals surface area contributed by atoms with E-state index in [-0.39, 0.29) is 11.8 Å². The number of nitrogens with zero attached hydrogens (tertiary/aromatic N) is 4. The number of aryl methyl sites for hydroxylation is 1. The first-order chi connectivity index (χ1) is 14.5. The molecule has 1 aromatic carbocycles. The number of carbonyl (C=O) groups excluding carboxylic acids is 2. The van der Waals surface area contributed by atoms with E-state index in [0.717, 1.165) is 30.5 Å². The van der Waals surface area contributed by atoms with Crippen LogP contribution in [0.15, 0.2) is 36.5 Å². The monoisotopic (exact) mass is 410 g/mol. The van der Waals surface area contributed by atoms with Crippen LogP contribution in [0.1, 0.15) is 20.8 Å². The Balaban J connectivity index is 1.24. The lowest BCUT2D eigenvalue weighted by molar-refractivity contribution is 0.0634. The van der Waals surface area contributed by atoms with Gasteiger partial charge in [0.15, 0.2) is 0 Å². The third-order valence-electron chi connectivity index (χ3n) is 5.37. The van der Waals surface area contributed by atoms with E-state index < -0.39 is 0 Å². The van der Waals surface area contributed by atoms with Gasteiger partial charge in [-0.25, -0.2) is 0 Å². The van der Waals surface area contributed by atoms with Crippen molar-refractivity contribution in [2.75, 3.05) is 46.4 Å². The fourth-order valence-corrected chi connectivity index (χ4v) is 3.73. The van der Waals surface area contributed by atoms with Crippen LogP contribution in [0.4, 0.5) is 0 Å². The Kier molecular flexibility index (Phi) is 5.71. The number of methoxy groups -OCH3 is 1. The molecular formula is C21H26N6O3. The Morgan fingerprint density at radius 1 is 1.20 bits per heavy atom. The number of aromatic nitrogens is 3. The zero-order chi connectivity index (χ0) is 21.1. The van der Waals surface area contributed by atoms with Crippen LogP contribution >= 0.6 is 0 Å². The van der Waals surface area contributed by atoms with Crippen molar-refractivity contribution in [2.45, 2.75) is 0 Å². The number of hydrogen-bond acceptors (Lipinski definition) is 5. The summed E-state index contributed by atoms with van der Waals surface area (Å²) in [6.45, 7) is 4.08. The molecule has 158 valence electrons. The van der Waals surface area contributed by atoms with E-state index in [9.17, 15) is 9.59 Å². The summed E-state index contributed by atoms with van der Waals surface area (Å²) in [4.78, 5) is 32.3. The van der Waals surface area contributed by atoms with Crippen LogP contribution in [-0.2, 0) is 7.05 Å². The van der Waals surface area contributed by atoms with Gasteiger partial charge in [0, 0.05) is 63.4 Å². The number of fused-ring (bicyclic) bond motifs is 1. The standard InChI is InChI=1S/C21H26N6O3/c1-25-14-16(20(24-25)30-2)21(29)27-11-9-26(10-12-27)8-7-22-19(28)18-13-15-5-3-4-6-17(15)23-18/h3-6,13-14,23H,7-12H2,1-2H3,(H,22,28). The normalized spacial score (nSPS) is 14.8. The lowest BCUT2D eigenvalue weighted by Crippen LogP contribution is -2.50. The molecule has 0 radical (unpaired) electrons. The lowest BCUT2D eigenvalue weighted by Gasteiger charge is -2.34. The fourth-order valence-electron chi connectivity index (χ4n) is 3.73. The van der Waals surface area contributed by atoms with E-state index in [0.29, 0.717) is 36.8 Å². The molecule has 30 heavy (non-hydrogen) atoms. The van der Waals surface area contributed by atoms with Crippen LogP contribution in [0, 0.1) is 0 Å². The first-order valence-electron chi connectivity index (χ1n) is 10.0. The first kappa shape index (κ1) is 20.0. The smallest absolute Gasteiger partial charge is 0.267 e. The molecule has 2 N–H and O–H groups in total. The highest BCUT2D eigenvalue weighted by Gasteiger charge is 2.26. The minimum atomic E-state index is -0.108. The minimum Gasteiger partial charge on any atom is -0.479 e. The number of aromatic amines is 1. The number of nitrogens with one attached hydrogen (secondary N) is 2. The molecule has 1 aliphatic heterocycles. The molecule has 0 spiro atoms. The van der Waals surface area contributed by atoms with Gasteiger partial charge in [-0.05, 0) is 12.1 Å². The van der Waals surface area contributed by atoms with Crippen molar-refractivity contribution < 1.29 is 14.3 Å². The highest BCUT2D eigenvalue weighted by molar-refractivity contribution is 5.98. The number of ether oxygens (including phenoxy) is 1. The molecule has 1 aliphatic rings. The van der Waals surface area contributed by atoms with Gasteiger partial charge in [-0.3, -0.25) is 19.2 Å². The Morgan fingerprint density at radius 2 is 1.97 bits per heavy atom. The van der Waals surface area contributed by atoms with Gasteiger partial charge in [-0.2, -0.15) is 0 Å². The van der Waals surface area contributed by atoms with Crippen LogP contribution < -0.4 is 10.1 Å². The van der Waals surface area contributed by atoms with Crippen LogP contribution in [0.2, 0.25) is 0 Å². The summed E-state index contributed by atoms with van der Waals surface area (Å²) in [5.74, 6) is 0.181.